The minimum absolute atomic E-state index is 0.159. The lowest BCUT2D eigenvalue weighted by Gasteiger charge is -2.16. The van der Waals surface area contributed by atoms with Crippen LogP contribution in [0.3, 0.4) is 0 Å². The van der Waals surface area contributed by atoms with Crippen LogP contribution in [0.15, 0.2) is 12.3 Å². The Kier molecular flexibility index (Phi) is 4.96. The fourth-order valence-electron chi connectivity index (χ4n) is 1.46. The molecule has 0 fully saturated rings. The Balaban J connectivity index is 2.58. The smallest absolute Gasteiger partial charge is 0.0854 e. The first kappa shape index (κ1) is 13.2. The lowest BCUT2D eigenvalue weighted by atomic mass is 10.1. The summed E-state index contributed by atoms with van der Waals surface area (Å²) in [4.78, 5) is 0. The molecule has 0 aliphatic rings. The van der Waals surface area contributed by atoms with Gasteiger partial charge in [0.15, 0.2) is 0 Å². The molecule has 1 aromatic heterocycles. The maximum atomic E-state index is 9.80. The number of ether oxygens (including phenoxy) is 1. The molecular formula is C12H22N2O2. The maximum absolute atomic E-state index is 9.80. The van der Waals surface area contributed by atoms with Crippen LogP contribution >= 0.6 is 0 Å². The fraction of sp³-hybridized carbons (Fsp3) is 0.750. The average Bonchev–Trinajstić information content (AvgIpc) is 2.75. The van der Waals surface area contributed by atoms with E-state index in [1.165, 1.54) is 0 Å². The van der Waals surface area contributed by atoms with Gasteiger partial charge in [-0.05, 0) is 26.3 Å². The topological polar surface area (TPSA) is 47.3 Å². The molecule has 1 rings (SSSR count). The third-order valence-corrected chi connectivity index (χ3v) is 3.04. The third kappa shape index (κ3) is 3.32. The number of aliphatic hydroxyl groups is 1. The molecule has 0 radical (unpaired) electrons. The van der Waals surface area contributed by atoms with Crippen molar-refractivity contribution in [2.45, 2.75) is 51.9 Å². The van der Waals surface area contributed by atoms with Gasteiger partial charge in [-0.25, -0.2) is 0 Å². The molecule has 3 atom stereocenters. The number of aliphatic hydroxyl groups excluding tert-OH is 1. The predicted octanol–water partition coefficient (Wildman–Crippen LogP) is 1.79. The highest BCUT2D eigenvalue weighted by Gasteiger charge is 2.15. The molecule has 4 nitrogen and oxygen atoms in total. The molecule has 0 amide bonds. The molecule has 0 saturated carbocycles. The van der Waals surface area contributed by atoms with Crippen LogP contribution in [0.2, 0.25) is 0 Å². The molecular weight excluding hydrogens is 204 g/mol. The second kappa shape index (κ2) is 6.01. The number of rotatable bonds is 6. The standard InChI is InChI=1S/C12H22N2O2/c1-5-9(2)14-7-6-11(13-14)8-12(15)10(3)16-4/h6-7,9-10,12,15H,5,8H2,1-4H3. The zero-order valence-corrected chi connectivity index (χ0v) is 10.6. The van der Waals surface area contributed by atoms with E-state index in [1.54, 1.807) is 7.11 Å². The van der Waals surface area contributed by atoms with Gasteiger partial charge >= 0.3 is 0 Å². The quantitative estimate of drug-likeness (QED) is 0.804. The molecule has 4 heteroatoms. The van der Waals surface area contributed by atoms with Crippen molar-refractivity contribution in [3.8, 4) is 0 Å². The Hall–Kier alpha value is -0.870. The second-order valence-electron chi connectivity index (χ2n) is 4.26. The summed E-state index contributed by atoms with van der Waals surface area (Å²) in [7, 11) is 1.60. The van der Waals surface area contributed by atoms with Gasteiger partial charge < -0.3 is 9.84 Å². The monoisotopic (exact) mass is 226 g/mol. The molecule has 3 unspecified atom stereocenters. The SMILES string of the molecule is CCC(C)n1ccc(CC(O)C(C)OC)n1. The van der Waals surface area contributed by atoms with E-state index in [9.17, 15) is 5.11 Å². The van der Waals surface area contributed by atoms with Crippen molar-refractivity contribution in [3.05, 3.63) is 18.0 Å². The normalized spacial score (nSPS) is 17.1. The van der Waals surface area contributed by atoms with E-state index in [4.69, 9.17) is 4.74 Å². The van der Waals surface area contributed by atoms with Gasteiger partial charge in [0.2, 0.25) is 0 Å². The van der Waals surface area contributed by atoms with Crippen molar-refractivity contribution in [3.63, 3.8) is 0 Å². The third-order valence-electron chi connectivity index (χ3n) is 3.04. The Morgan fingerprint density at radius 1 is 1.50 bits per heavy atom. The molecule has 0 bridgehead atoms. The van der Waals surface area contributed by atoms with Gasteiger partial charge in [-0.15, -0.1) is 0 Å². The average molecular weight is 226 g/mol. The fourth-order valence-corrected chi connectivity index (χ4v) is 1.46. The van der Waals surface area contributed by atoms with E-state index in [0.29, 0.717) is 12.5 Å². The van der Waals surface area contributed by atoms with E-state index < -0.39 is 6.10 Å². The minimum Gasteiger partial charge on any atom is -0.390 e. The van der Waals surface area contributed by atoms with E-state index in [2.05, 4.69) is 18.9 Å². The Bertz CT molecular complexity index is 312. The summed E-state index contributed by atoms with van der Waals surface area (Å²) in [5, 5.41) is 14.2. The molecule has 0 aliphatic carbocycles. The lowest BCUT2D eigenvalue weighted by molar-refractivity contribution is -0.000123. The molecule has 0 spiro atoms. The van der Waals surface area contributed by atoms with Gasteiger partial charge in [0, 0.05) is 25.8 Å². The highest BCUT2D eigenvalue weighted by molar-refractivity contribution is 5.01. The Morgan fingerprint density at radius 2 is 2.19 bits per heavy atom. The van der Waals surface area contributed by atoms with Crippen molar-refractivity contribution in [2.24, 2.45) is 0 Å². The minimum atomic E-state index is -0.495. The Labute approximate surface area is 97.2 Å². The van der Waals surface area contributed by atoms with Crippen LogP contribution in [0.4, 0.5) is 0 Å². The van der Waals surface area contributed by atoms with E-state index in [0.717, 1.165) is 12.1 Å². The molecule has 0 saturated heterocycles. The number of methoxy groups -OCH3 is 1. The van der Waals surface area contributed by atoms with Gasteiger partial charge in [-0.2, -0.15) is 5.10 Å². The molecule has 1 N–H and O–H groups in total. The van der Waals surface area contributed by atoms with Crippen LogP contribution in [0, 0.1) is 0 Å². The Morgan fingerprint density at radius 3 is 2.75 bits per heavy atom. The summed E-state index contributed by atoms with van der Waals surface area (Å²) >= 11 is 0. The summed E-state index contributed by atoms with van der Waals surface area (Å²) < 4.78 is 7.02. The molecule has 0 aliphatic heterocycles. The summed E-state index contributed by atoms with van der Waals surface area (Å²) in [5.74, 6) is 0. The first-order chi connectivity index (χ1) is 7.58. The van der Waals surface area contributed by atoms with Gasteiger partial charge in [-0.3, -0.25) is 4.68 Å². The molecule has 16 heavy (non-hydrogen) atoms. The molecule has 1 aromatic rings. The highest BCUT2D eigenvalue weighted by atomic mass is 16.5. The van der Waals surface area contributed by atoms with Crippen molar-refractivity contribution in [2.75, 3.05) is 7.11 Å². The van der Waals surface area contributed by atoms with Crippen molar-refractivity contribution >= 4 is 0 Å². The summed E-state index contributed by atoms with van der Waals surface area (Å²) in [6, 6.07) is 2.36. The summed E-state index contributed by atoms with van der Waals surface area (Å²) in [6.07, 6.45) is 2.91. The second-order valence-corrected chi connectivity index (χ2v) is 4.26. The summed E-state index contributed by atoms with van der Waals surface area (Å²) in [5.41, 5.74) is 0.914. The van der Waals surface area contributed by atoms with E-state index >= 15 is 0 Å². The largest absolute Gasteiger partial charge is 0.390 e. The van der Waals surface area contributed by atoms with Crippen LogP contribution in [0.1, 0.15) is 38.9 Å². The number of hydrogen-bond acceptors (Lipinski definition) is 3. The van der Waals surface area contributed by atoms with Crippen LogP contribution in [0.25, 0.3) is 0 Å². The van der Waals surface area contributed by atoms with Gasteiger partial charge in [0.1, 0.15) is 0 Å². The highest BCUT2D eigenvalue weighted by Crippen LogP contribution is 2.11. The predicted molar refractivity (Wildman–Crippen MR) is 63.4 cm³/mol. The summed E-state index contributed by atoms with van der Waals surface area (Å²) in [6.45, 7) is 6.12. The van der Waals surface area contributed by atoms with E-state index in [1.807, 2.05) is 23.9 Å². The molecule has 1 heterocycles. The van der Waals surface area contributed by atoms with Crippen LogP contribution in [-0.4, -0.2) is 34.2 Å². The van der Waals surface area contributed by atoms with Crippen molar-refractivity contribution in [1.29, 1.82) is 0 Å². The van der Waals surface area contributed by atoms with Gasteiger partial charge in [-0.1, -0.05) is 6.92 Å². The van der Waals surface area contributed by atoms with Crippen molar-refractivity contribution in [1.82, 2.24) is 9.78 Å². The van der Waals surface area contributed by atoms with Crippen LogP contribution in [0.5, 0.6) is 0 Å². The maximum Gasteiger partial charge on any atom is 0.0854 e. The number of hydrogen-bond donors (Lipinski definition) is 1. The number of nitrogens with zero attached hydrogens (tertiary/aromatic N) is 2. The zero-order chi connectivity index (χ0) is 12.1. The molecule has 0 aromatic carbocycles. The first-order valence-corrected chi connectivity index (χ1v) is 5.83. The lowest BCUT2D eigenvalue weighted by Crippen LogP contribution is -2.27. The van der Waals surface area contributed by atoms with Gasteiger partial charge in [0.05, 0.1) is 17.9 Å². The van der Waals surface area contributed by atoms with Crippen LogP contribution < -0.4 is 0 Å². The first-order valence-electron chi connectivity index (χ1n) is 5.83. The van der Waals surface area contributed by atoms with Crippen LogP contribution in [-0.2, 0) is 11.2 Å². The van der Waals surface area contributed by atoms with Crippen molar-refractivity contribution < 1.29 is 9.84 Å². The number of aromatic nitrogens is 2. The van der Waals surface area contributed by atoms with Gasteiger partial charge in [0.25, 0.3) is 0 Å². The van der Waals surface area contributed by atoms with E-state index in [-0.39, 0.29) is 6.10 Å². The zero-order valence-electron chi connectivity index (χ0n) is 10.6. The molecule has 92 valence electrons.